The maximum absolute atomic E-state index is 12.8. The Balaban J connectivity index is 1.48. The number of carbonyl (C=O) groups excluding carboxylic acids is 1. The predicted molar refractivity (Wildman–Crippen MR) is 98.0 cm³/mol. The lowest BCUT2D eigenvalue weighted by Gasteiger charge is -2.39. The third-order valence-electron chi connectivity index (χ3n) is 5.16. The summed E-state index contributed by atoms with van der Waals surface area (Å²) in [5, 5.41) is 0. The van der Waals surface area contributed by atoms with E-state index < -0.39 is 0 Å². The molecule has 1 fully saturated rings. The number of para-hydroxylation sites is 1. The average molecular weight is 321 g/mol. The smallest absolute Gasteiger partial charge is 0.253 e. The van der Waals surface area contributed by atoms with Gasteiger partial charge in [-0.2, -0.15) is 0 Å². The molecule has 4 heteroatoms. The number of benzene rings is 2. The predicted octanol–water partition coefficient (Wildman–Crippen LogP) is 2.64. The lowest BCUT2D eigenvalue weighted by atomic mass is 10.1. The molecule has 0 bridgehead atoms. The van der Waals surface area contributed by atoms with E-state index in [1.54, 1.807) is 0 Å². The van der Waals surface area contributed by atoms with E-state index in [-0.39, 0.29) is 5.91 Å². The van der Waals surface area contributed by atoms with Gasteiger partial charge in [0.2, 0.25) is 0 Å². The molecule has 0 aliphatic carbocycles. The first-order valence-electron chi connectivity index (χ1n) is 8.55. The SMILES string of the molecule is CN(C)c1ccc(C(=O)N2CCN3c4ccccc4CC3C2)cc1. The van der Waals surface area contributed by atoms with Gasteiger partial charge in [0, 0.05) is 50.7 Å². The molecule has 2 aromatic carbocycles. The van der Waals surface area contributed by atoms with Crippen molar-refractivity contribution in [1.82, 2.24) is 4.90 Å². The maximum atomic E-state index is 12.8. The highest BCUT2D eigenvalue weighted by Crippen LogP contribution is 2.34. The summed E-state index contributed by atoms with van der Waals surface area (Å²) in [6, 6.07) is 16.9. The molecule has 4 nitrogen and oxygen atoms in total. The Morgan fingerprint density at radius 2 is 1.79 bits per heavy atom. The second kappa shape index (κ2) is 5.86. The molecule has 1 saturated heterocycles. The standard InChI is InChI=1S/C20H23N3O/c1-21(2)17-9-7-15(8-10-17)20(24)22-11-12-23-18(14-22)13-16-5-3-4-6-19(16)23/h3-10,18H,11-14H2,1-2H3. The topological polar surface area (TPSA) is 26.8 Å². The van der Waals surface area contributed by atoms with Crippen molar-refractivity contribution in [2.45, 2.75) is 12.5 Å². The van der Waals surface area contributed by atoms with Gasteiger partial charge in [-0.15, -0.1) is 0 Å². The second-order valence-corrected chi connectivity index (χ2v) is 6.87. The highest BCUT2D eigenvalue weighted by atomic mass is 16.2. The summed E-state index contributed by atoms with van der Waals surface area (Å²) in [4.78, 5) is 19.4. The number of piperazine rings is 1. The number of carbonyl (C=O) groups is 1. The van der Waals surface area contributed by atoms with Crippen LogP contribution in [0.1, 0.15) is 15.9 Å². The number of hydrogen-bond donors (Lipinski definition) is 0. The number of nitrogens with zero attached hydrogens (tertiary/aromatic N) is 3. The van der Waals surface area contributed by atoms with Gasteiger partial charge in [0.25, 0.3) is 5.91 Å². The molecule has 124 valence electrons. The summed E-state index contributed by atoms with van der Waals surface area (Å²) < 4.78 is 0. The van der Waals surface area contributed by atoms with Crippen LogP contribution in [-0.2, 0) is 6.42 Å². The summed E-state index contributed by atoms with van der Waals surface area (Å²) in [5.74, 6) is 0.149. The van der Waals surface area contributed by atoms with Gasteiger partial charge in [-0.05, 0) is 42.3 Å². The van der Waals surface area contributed by atoms with Gasteiger partial charge in [-0.3, -0.25) is 4.79 Å². The van der Waals surface area contributed by atoms with E-state index in [0.717, 1.165) is 37.3 Å². The zero-order chi connectivity index (χ0) is 16.7. The van der Waals surface area contributed by atoms with Crippen LogP contribution >= 0.6 is 0 Å². The molecule has 24 heavy (non-hydrogen) atoms. The van der Waals surface area contributed by atoms with Crippen molar-refractivity contribution >= 4 is 17.3 Å². The van der Waals surface area contributed by atoms with Crippen LogP contribution in [-0.4, -0.2) is 50.6 Å². The van der Waals surface area contributed by atoms with Crippen molar-refractivity contribution < 1.29 is 4.79 Å². The Bertz CT molecular complexity index is 754. The number of amides is 1. The van der Waals surface area contributed by atoms with Gasteiger partial charge in [-0.1, -0.05) is 18.2 Å². The van der Waals surface area contributed by atoms with Crippen molar-refractivity contribution in [3.05, 3.63) is 59.7 Å². The minimum atomic E-state index is 0.149. The van der Waals surface area contributed by atoms with Crippen LogP contribution in [0.4, 0.5) is 11.4 Å². The molecule has 2 aliphatic rings. The molecule has 2 heterocycles. The third kappa shape index (κ3) is 2.52. The molecule has 0 aromatic heterocycles. The summed E-state index contributed by atoms with van der Waals surface area (Å²) in [7, 11) is 4.02. The van der Waals surface area contributed by atoms with E-state index in [9.17, 15) is 4.79 Å². The van der Waals surface area contributed by atoms with Crippen molar-refractivity contribution in [2.75, 3.05) is 43.5 Å². The number of fused-ring (bicyclic) bond motifs is 3. The fourth-order valence-corrected chi connectivity index (χ4v) is 3.83. The van der Waals surface area contributed by atoms with E-state index >= 15 is 0 Å². The molecule has 2 aliphatic heterocycles. The monoisotopic (exact) mass is 321 g/mol. The van der Waals surface area contributed by atoms with Crippen LogP contribution in [0, 0.1) is 0 Å². The molecule has 4 rings (SSSR count). The summed E-state index contributed by atoms with van der Waals surface area (Å²) >= 11 is 0. The Morgan fingerprint density at radius 3 is 2.54 bits per heavy atom. The Labute approximate surface area is 143 Å². The number of anilines is 2. The molecule has 0 spiro atoms. The lowest BCUT2D eigenvalue weighted by Crippen LogP contribution is -2.53. The molecule has 0 saturated carbocycles. The minimum absolute atomic E-state index is 0.149. The largest absolute Gasteiger partial charge is 0.378 e. The van der Waals surface area contributed by atoms with Crippen molar-refractivity contribution in [3.8, 4) is 0 Å². The third-order valence-corrected chi connectivity index (χ3v) is 5.16. The van der Waals surface area contributed by atoms with Gasteiger partial charge in [0.15, 0.2) is 0 Å². The first-order chi connectivity index (χ1) is 11.6. The van der Waals surface area contributed by atoms with Gasteiger partial charge >= 0.3 is 0 Å². The molecule has 1 unspecified atom stereocenters. The van der Waals surface area contributed by atoms with Crippen LogP contribution in [0.2, 0.25) is 0 Å². The fourth-order valence-electron chi connectivity index (χ4n) is 3.83. The number of rotatable bonds is 2. The van der Waals surface area contributed by atoms with E-state index in [0.29, 0.717) is 6.04 Å². The van der Waals surface area contributed by atoms with Gasteiger partial charge in [-0.25, -0.2) is 0 Å². The lowest BCUT2D eigenvalue weighted by molar-refractivity contribution is 0.0725. The molecule has 0 N–H and O–H groups in total. The minimum Gasteiger partial charge on any atom is -0.378 e. The highest BCUT2D eigenvalue weighted by molar-refractivity contribution is 5.94. The van der Waals surface area contributed by atoms with Gasteiger partial charge < -0.3 is 14.7 Å². The van der Waals surface area contributed by atoms with Crippen LogP contribution in [0.15, 0.2) is 48.5 Å². The molecular formula is C20H23N3O. The Hall–Kier alpha value is -2.49. The number of hydrogen-bond acceptors (Lipinski definition) is 3. The van der Waals surface area contributed by atoms with E-state index in [2.05, 4.69) is 29.2 Å². The zero-order valence-electron chi connectivity index (χ0n) is 14.3. The fraction of sp³-hybridized carbons (Fsp3) is 0.350. The second-order valence-electron chi connectivity index (χ2n) is 6.87. The van der Waals surface area contributed by atoms with Crippen LogP contribution < -0.4 is 9.80 Å². The van der Waals surface area contributed by atoms with E-state index in [1.165, 1.54) is 11.3 Å². The van der Waals surface area contributed by atoms with Crippen LogP contribution in [0.5, 0.6) is 0 Å². The first-order valence-corrected chi connectivity index (χ1v) is 8.55. The normalized spacial score (nSPS) is 19.0. The van der Waals surface area contributed by atoms with Crippen molar-refractivity contribution in [1.29, 1.82) is 0 Å². The summed E-state index contributed by atoms with van der Waals surface area (Å²) in [5.41, 5.74) is 4.66. The Kier molecular flexibility index (Phi) is 3.68. The van der Waals surface area contributed by atoms with E-state index in [4.69, 9.17) is 0 Å². The average Bonchev–Trinajstić information content (AvgIpc) is 2.99. The first kappa shape index (κ1) is 15.1. The molecule has 1 amide bonds. The Morgan fingerprint density at radius 1 is 1.04 bits per heavy atom. The maximum Gasteiger partial charge on any atom is 0.253 e. The van der Waals surface area contributed by atoms with E-state index in [1.807, 2.05) is 48.2 Å². The molecule has 1 atom stereocenters. The van der Waals surface area contributed by atoms with Gasteiger partial charge in [0.1, 0.15) is 0 Å². The van der Waals surface area contributed by atoms with Crippen molar-refractivity contribution in [3.63, 3.8) is 0 Å². The van der Waals surface area contributed by atoms with Gasteiger partial charge in [0.05, 0.1) is 6.04 Å². The molecular weight excluding hydrogens is 298 g/mol. The highest BCUT2D eigenvalue weighted by Gasteiger charge is 2.35. The molecule has 2 aromatic rings. The quantitative estimate of drug-likeness (QED) is 0.851. The summed E-state index contributed by atoms with van der Waals surface area (Å²) in [6.07, 6.45) is 1.04. The van der Waals surface area contributed by atoms with Crippen molar-refractivity contribution in [2.24, 2.45) is 0 Å². The summed E-state index contributed by atoms with van der Waals surface area (Å²) in [6.45, 7) is 2.52. The zero-order valence-corrected chi connectivity index (χ0v) is 14.3. The van der Waals surface area contributed by atoms with Crippen LogP contribution in [0.25, 0.3) is 0 Å². The molecule has 0 radical (unpaired) electrons. The van der Waals surface area contributed by atoms with Crippen LogP contribution in [0.3, 0.4) is 0 Å².